The summed E-state index contributed by atoms with van der Waals surface area (Å²) in [7, 11) is 1.62. The van der Waals surface area contributed by atoms with Gasteiger partial charge in [0, 0.05) is 36.0 Å². The van der Waals surface area contributed by atoms with Crippen LogP contribution >= 0.6 is 15.9 Å². The molecule has 43 heavy (non-hydrogen) atoms. The van der Waals surface area contributed by atoms with Crippen molar-refractivity contribution in [1.29, 1.82) is 0 Å². The first kappa shape index (κ1) is 31.0. The van der Waals surface area contributed by atoms with E-state index in [0.29, 0.717) is 42.8 Å². The van der Waals surface area contributed by atoms with Gasteiger partial charge in [-0.15, -0.1) is 0 Å². The van der Waals surface area contributed by atoms with Crippen molar-refractivity contribution >= 4 is 27.7 Å². The zero-order valence-corrected chi connectivity index (χ0v) is 26.1. The van der Waals surface area contributed by atoms with E-state index in [4.69, 9.17) is 24.3 Å². The van der Waals surface area contributed by atoms with Crippen LogP contribution in [0.1, 0.15) is 61.3 Å². The lowest BCUT2D eigenvalue weighted by Crippen LogP contribution is -2.54. The average Bonchev–Trinajstić information content (AvgIpc) is 3.43. The summed E-state index contributed by atoms with van der Waals surface area (Å²) in [5.74, 6) is 2.02. The van der Waals surface area contributed by atoms with Crippen LogP contribution in [-0.4, -0.2) is 49.3 Å². The Kier molecular flexibility index (Phi) is 10.7. The van der Waals surface area contributed by atoms with E-state index in [9.17, 15) is 4.79 Å². The fourth-order valence-electron chi connectivity index (χ4n) is 5.79. The molecule has 2 atom stereocenters. The zero-order chi connectivity index (χ0) is 30.1. The lowest BCUT2D eigenvalue weighted by molar-refractivity contribution is -0.130. The Morgan fingerprint density at radius 3 is 2.58 bits per heavy atom. The van der Waals surface area contributed by atoms with Crippen molar-refractivity contribution in [2.75, 3.05) is 26.9 Å². The smallest absolute Gasteiger partial charge is 0.266 e. The Bertz CT molecular complexity index is 1390. The molecule has 0 spiro atoms. The Morgan fingerprint density at radius 1 is 1.05 bits per heavy atom. The summed E-state index contributed by atoms with van der Waals surface area (Å²) in [6.07, 6.45) is 6.23. The molecule has 9 heteroatoms. The number of benzene rings is 3. The minimum Gasteiger partial charge on any atom is -0.497 e. The van der Waals surface area contributed by atoms with E-state index in [1.165, 1.54) is 32.1 Å². The number of methoxy groups -OCH3 is 1. The number of ether oxygens (including phenoxy) is 3. The molecule has 1 aliphatic heterocycles. The van der Waals surface area contributed by atoms with Crippen molar-refractivity contribution in [3.63, 3.8) is 0 Å². The molecule has 3 N–H and O–H groups in total. The van der Waals surface area contributed by atoms with E-state index in [2.05, 4.69) is 26.8 Å². The highest BCUT2D eigenvalue weighted by molar-refractivity contribution is 9.10. The molecular weight excluding hydrogens is 610 g/mol. The van der Waals surface area contributed by atoms with Crippen LogP contribution in [-0.2, 0) is 16.0 Å². The second-order valence-electron chi connectivity index (χ2n) is 11.2. The van der Waals surface area contributed by atoms with Crippen LogP contribution in [0.3, 0.4) is 0 Å². The molecule has 8 nitrogen and oxygen atoms in total. The minimum atomic E-state index is -1.32. The number of nitrogens with zero attached hydrogens (tertiary/aromatic N) is 1. The van der Waals surface area contributed by atoms with Crippen LogP contribution in [0.4, 0.5) is 0 Å². The van der Waals surface area contributed by atoms with E-state index < -0.39 is 11.6 Å². The topological polar surface area (TPSA) is 101 Å². The van der Waals surface area contributed by atoms with Gasteiger partial charge in [-0.2, -0.15) is 0 Å². The highest BCUT2D eigenvalue weighted by Crippen LogP contribution is 2.44. The Balaban J connectivity index is 1.51. The molecule has 1 aliphatic carbocycles. The maximum Gasteiger partial charge on any atom is 0.266 e. The van der Waals surface area contributed by atoms with Crippen LogP contribution in [0.25, 0.3) is 0 Å². The maximum absolute atomic E-state index is 14.4. The first-order valence-corrected chi connectivity index (χ1v) is 15.8. The van der Waals surface area contributed by atoms with Gasteiger partial charge in [-0.3, -0.25) is 10.2 Å². The lowest BCUT2D eigenvalue weighted by atomic mass is 9.82. The van der Waals surface area contributed by atoms with Gasteiger partial charge in [0.2, 0.25) is 5.90 Å². The number of aliphatic hydroxyl groups is 1. The fourth-order valence-corrected chi connectivity index (χ4v) is 6.22. The molecule has 3 aromatic rings. The fraction of sp³-hybridized carbons (Fsp3) is 0.412. The van der Waals surface area contributed by atoms with Gasteiger partial charge in [0.1, 0.15) is 11.5 Å². The van der Waals surface area contributed by atoms with Crippen molar-refractivity contribution in [3.8, 4) is 11.5 Å². The number of aliphatic hydroxyl groups excluding tert-OH is 1. The second-order valence-corrected chi connectivity index (χ2v) is 12.0. The molecule has 1 heterocycles. The third-order valence-corrected chi connectivity index (χ3v) is 8.94. The quantitative estimate of drug-likeness (QED) is 0.157. The predicted octanol–water partition coefficient (Wildman–Crippen LogP) is 5.92. The van der Waals surface area contributed by atoms with Crippen LogP contribution in [0.15, 0.2) is 82.3 Å². The number of rotatable bonds is 13. The molecule has 0 bridgehead atoms. The molecule has 3 aromatic carbocycles. The Morgan fingerprint density at radius 2 is 1.84 bits per heavy atom. The van der Waals surface area contributed by atoms with E-state index in [-0.39, 0.29) is 12.5 Å². The molecule has 2 aliphatic rings. The molecule has 1 amide bonds. The van der Waals surface area contributed by atoms with Gasteiger partial charge in [0.25, 0.3) is 5.91 Å². The number of carbonyl (C=O) groups is 1. The van der Waals surface area contributed by atoms with Crippen molar-refractivity contribution in [1.82, 2.24) is 10.9 Å². The van der Waals surface area contributed by atoms with Crippen molar-refractivity contribution in [3.05, 3.63) is 94.0 Å². The monoisotopic (exact) mass is 649 g/mol. The van der Waals surface area contributed by atoms with E-state index >= 15 is 0 Å². The molecule has 0 aromatic heterocycles. The summed E-state index contributed by atoms with van der Waals surface area (Å²) in [4.78, 5) is 19.5. The number of hydrogen-bond acceptors (Lipinski definition) is 7. The molecule has 0 saturated heterocycles. The normalized spacial score (nSPS) is 20.3. The van der Waals surface area contributed by atoms with Crippen LogP contribution in [0.5, 0.6) is 11.5 Å². The van der Waals surface area contributed by atoms with Gasteiger partial charge in [0.15, 0.2) is 11.6 Å². The first-order chi connectivity index (χ1) is 21.0. The molecule has 1 saturated carbocycles. The number of halogens is 1. The largest absolute Gasteiger partial charge is 0.497 e. The van der Waals surface area contributed by atoms with Crippen molar-refractivity contribution in [2.45, 2.75) is 56.6 Å². The molecule has 0 unspecified atom stereocenters. The molecule has 228 valence electrons. The van der Waals surface area contributed by atoms with E-state index in [0.717, 1.165) is 27.7 Å². The maximum atomic E-state index is 14.4. The molecule has 5 rings (SSSR count). The zero-order valence-electron chi connectivity index (χ0n) is 24.6. The summed E-state index contributed by atoms with van der Waals surface area (Å²) < 4.78 is 18.8. The van der Waals surface area contributed by atoms with Gasteiger partial charge in [0.05, 0.1) is 13.7 Å². The minimum absolute atomic E-state index is 0.0750. The van der Waals surface area contributed by atoms with Gasteiger partial charge >= 0.3 is 0 Å². The molecule has 1 fully saturated rings. The highest BCUT2D eigenvalue weighted by atomic mass is 79.9. The molecular formula is C34H40BrN3O5. The third-order valence-electron chi connectivity index (χ3n) is 8.16. The number of nitrogens with one attached hydrogen (secondary N) is 2. The Hall–Kier alpha value is -3.40. The van der Waals surface area contributed by atoms with E-state index in [1.54, 1.807) is 7.11 Å². The average molecular weight is 651 g/mol. The van der Waals surface area contributed by atoms with Crippen LogP contribution in [0.2, 0.25) is 0 Å². The number of hydrazine groups is 1. The van der Waals surface area contributed by atoms with E-state index in [1.807, 2.05) is 72.8 Å². The first-order valence-electron chi connectivity index (χ1n) is 15.0. The van der Waals surface area contributed by atoms with Crippen LogP contribution < -0.4 is 20.3 Å². The summed E-state index contributed by atoms with van der Waals surface area (Å²) in [5, 5.41) is 9.06. The number of aliphatic imine (C=N–C) groups is 1. The van der Waals surface area contributed by atoms with Gasteiger partial charge in [-0.25, -0.2) is 10.4 Å². The number of hydrogen-bond donors (Lipinski definition) is 3. The third kappa shape index (κ3) is 7.58. The van der Waals surface area contributed by atoms with Gasteiger partial charge in [-0.1, -0.05) is 65.5 Å². The molecule has 0 radical (unpaired) electrons. The second kappa shape index (κ2) is 14.9. The SMILES string of the molecule is COc1cccc([C@@H]2OC(c3ccc(OCCCO)cc3)=N[C@]2(Cc2ccccc2Br)C(=O)NNCC2CCCCC2)c1. The van der Waals surface area contributed by atoms with Gasteiger partial charge < -0.3 is 19.3 Å². The Labute approximate surface area is 262 Å². The summed E-state index contributed by atoms with van der Waals surface area (Å²) in [6.45, 7) is 1.22. The summed E-state index contributed by atoms with van der Waals surface area (Å²) >= 11 is 3.69. The van der Waals surface area contributed by atoms with Crippen molar-refractivity contribution in [2.24, 2.45) is 10.9 Å². The number of carbonyl (C=O) groups excluding carboxylic acids is 1. The standard InChI is InChI=1S/C34H40BrN3O5/c1-41-29-13-7-12-26(21-29)31-34(22-27-11-5-6-14-30(27)35,33(40)38-36-23-24-9-3-2-4-10-24)37-32(43-31)25-15-17-28(18-16-25)42-20-8-19-39/h5-7,11-18,21,24,31,36,39H,2-4,8-10,19-20,22-23H2,1H3,(H,38,40)/t31-,34-/m0/s1. The van der Waals surface area contributed by atoms with Gasteiger partial charge in [-0.05, 0) is 72.4 Å². The summed E-state index contributed by atoms with van der Waals surface area (Å²) in [5.41, 5.74) is 7.42. The predicted molar refractivity (Wildman–Crippen MR) is 170 cm³/mol. The summed E-state index contributed by atoms with van der Waals surface area (Å²) in [6, 6.07) is 23.0. The highest BCUT2D eigenvalue weighted by Gasteiger charge is 2.53. The number of amides is 1. The van der Waals surface area contributed by atoms with Crippen LogP contribution in [0, 0.1) is 5.92 Å². The lowest BCUT2D eigenvalue weighted by Gasteiger charge is -2.31. The van der Waals surface area contributed by atoms with Crippen molar-refractivity contribution < 1.29 is 24.1 Å².